The van der Waals surface area contributed by atoms with Gasteiger partial charge in [-0.1, -0.05) is 366 Å². The fourth-order valence-corrected chi connectivity index (χ4v) is 88.0. The van der Waals surface area contributed by atoms with E-state index in [-0.39, 0.29) is 6.28 Å². The summed E-state index contributed by atoms with van der Waals surface area (Å²) in [5, 5.41) is 2.41. The van der Waals surface area contributed by atoms with Gasteiger partial charge in [-0.05, 0) is 31.8 Å². The highest BCUT2D eigenvalue weighted by atomic mass is 28.4. The minimum absolute atomic E-state index is 0.181. The number of allylic oxidation sites excluding steroid dienone is 2. The summed E-state index contributed by atoms with van der Waals surface area (Å²) in [7, 11) is -14.9. The van der Waals surface area contributed by atoms with Crippen LogP contribution in [0.15, 0.2) is 158 Å². The summed E-state index contributed by atoms with van der Waals surface area (Å²) in [5.74, 6) is 0. The normalized spacial score (nSPS) is 19.0. The first-order valence-electron chi connectivity index (χ1n) is 30.1. The molecule has 3 aliphatic rings. The van der Waals surface area contributed by atoms with Gasteiger partial charge in [0.2, 0.25) is 0 Å². The van der Waals surface area contributed by atoms with E-state index in [2.05, 4.69) is 315 Å². The third-order valence-electron chi connectivity index (χ3n) is 18.6. The zero-order chi connectivity index (χ0) is 57.8. The van der Waals surface area contributed by atoms with Crippen molar-refractivity contribution < 1.29 is 0 Å². The largest absolute Gasteiger partial charge is 0.311 e. The summed E-state index contributed by atoms with van der Waals surface area (Å²) in [6.07, 6.45) is 0. The zero-order valence-corrected chi connectivity index (χ0v) is 63.8. The molecule has 78 heavy (non-hydrogen) atoms. The highest BCUT2D eigenvalue weighted by Gasteiger charge is 2.86. The highest BCUT2D eigenvalue weighted by molar-refractivity contribution is 7.20. The van der Waals surface area contributed by atoms with Gasteiger partial charge in [-0.3, -0.25) is 0 Å². The molecule has 0 aromatic heterocycles. The molecule has 0 aliphatic carbocycles. The SMILES string of the molecule is C[Si](C)(C)C(c1cccc(C([Si](C)(C)C)[Si](C)(C)C)[c]1[Al]1[C]2(c3ccccc3)C(c3ccccc3)=C(c3ccccc3)[C]1(c1ccccc1)[Al]2[c]1c(C([Si](C)(C)C)[Si](C)(C)C)cccc1C([Si](C)(C)C)[Si](C)(C)C)[Si](C)(C)C. The maximum Gasteiger partial charge on any atom is 0.311 e. The second kappa shape index (κ2) is 21.5. The molecule has 9 rings (SSSR count). The second-order valence-electron chi connectivity index (χ2n) is 33.2. The van der Waals surface area contributed by atoms with Crippen LogP contribution < -0.4 is 8.85 Å². The van der Waals surface area contributed by atoms with Gasteiger partial charge >= 0.3 is 28.3 Å². The molecule has 10 heteroatoms. The van der Waals surface area contributed by atoms with Crippen LogP contribution in [0.2, 0.25) is 157 Å². The van der Waals surface area contributed by atoms with Crippen molar-refractivity contribution in [1.29, 1.82) is 0 Å². The summed E-state index contributed by atoms with van der Waals surface area (Å²) in [6.45, 7) is 66.0. The van der Waals surface area contributed by atoms with E-state index < -0.39 is 92.9 Å². The van der Waals surface area contributed by atoms with Crippen molar-refractivity contribution in [2.45, 2.75) is 184 Å². The molecule has 0 spiro atoms. The quantitative estimate of drug-likeness (QED) is 0.0753. The van der Waals surface area contributed by atoms with Crippen LogP contribution >= 0.6 is 0 Å². The van der Waals surface area contributed by atoms with Gasteiger partial charge in [-0.2, -0.15) is 0 Å². The summed E-state index contributed by atoms with van der Waals surface area (Å²) in [4.78, 5) is 0. The zero-order valence-electron chi connectivity index (χ0n) is 53.5. The fraction of sp³-hybridized carbons (Fsp3) is 0.441. The first-order valence-corrected chi connectivity index (χ1v) is 62.2. The van der Waals surface area contributed by atoms with Crippen molar-refractivity contribution in [1.82, 2.24) is 0 Å². The predicted molar refractivity (Wildman–Crippen MR) is 377 cm³/mol. The molecule has 0 radical (unpaired) electrons. The van der Waals surface area contributed by atoms with Crippen LogP contribution in [0.3, 0.4) is 0 Å². The molecule has 2 bridgehead atoms. The Morgan fingerprint density at radius 2 is 0.436 bits per heavy atom. The summed E-state index contributed by atoms with van der Waals surface area (Å²) in [5.41, 5.74) is 16.8. The Bertz CT molecular complexity index is 2740. The molecule has 0 atom stereocenters. The third kappa shape index (κ3) is 10.9. The lowest BCUT2D eigenvalue weighted by atomic mass is 9.87. The standard InChI is InChI=1S/C28H20.2C20H41Si4.2Al/c1-5-13-23(14-6-1)21-27(25-17-9-3-10-18-25)28(26-19-11-4-12-20-26)22-24-15-7-2-8-16-24;2*1-21(2,3)19(22(4,5)6)17-14-13-15-18(16-17)20(23(7,8)9)24(10,11)12;;/h1-20H;2*13-15,19-20H,1-12H3;;. The summed E-state index contributed by atoms with van der Waals surface area (Å²) < 4.78 is 3.49. The van der Waals surface area contributed by atoms with Crippen LogP contribution in [0.25, 0.3) is 11.1 Å². The van der Waals surface area contributed by atoms with Crippen LogP contribution in [-0.2, 0) is 6.28 Å². The Balaban J connectivity index is 1.81. The monoisotopic (exact) mass is 1200 g/mol. The first-order chi connectivity index (χ1) is 35.9. The van der Waals surface area contributed by atoms with Crippen LogP contribution in [0, 0.1) is 0 Å². The van der Waals surface area contributed by atoms with Gasteiger partial charge in [0.05, 0.1) is 0 Å². The minimum Gasteiger partial charge on any atom is -0.105 e. The fourth-order valence-electron chi connectivity index (χ4n) is 19.0. The van der Waals surface area contributed by atoms with Gasteiger partial charge in [-0.25, -0.2) is 0 Å². The van der Waals surface area contributed by atoms with Crippen LogP contribution in [-0.4, -0.2) is 92.9 Å². The minimum atomic E-state index is -2.47. The second-order valence-corrected chi connectivity index (χ2v) is 85.8. The van der Waals surface area contributed by atoms with Gasteiger partial charge in [0.15, 0.2) is 0 Å². The van der Waals surface area contributed by atoms with Crippen molar-refractivity contribution in [2.24, 2.45) is 0 Å². The Hall–Kier alpha value is -2.14. The van der Waals surface area contributed by atoms with Gasteiger partial charge < -0.3 is 0 Å². The lowest BCUT2D eigenvalue weighted by Gasteiger charge is -2.63. The molecule has 0 saturated carbocycles. The van der Waals surface area contributed by atoms with E-state index in [0.717, 1.165) is 0 Å². The average Bonchev–Trinajstić information content (AvgIpc) is 1.90. The maximum atomic E-state index is 2.78. The molecule has 0 amide bonds. The molecule has 6 aromatic rings. The summed E-state index contributed by atoms with van der Waals surface area (Å²) >= 11 is -4.94. The summed E-state index contributed by atoms with van der Waals surface area (Å²) in [6, 6.07) is 66.1. The lowest BCUT2D eigenvalue weighted by molar-refractivity contribution is 0.890. The molecule has 1 fully saturated rings. The number of benzene rings is 6. The Labute approximate surface area is 494 Å². The van der Waals surface area contributed by atoms with Crippen molar-refractivity contribution >= 4 is 113 Å². The Morgan fingerprint density at radius 3 is 0.628 bits per heavy atom. The predicted octanol–water partition coefficient (Wildman–Crippen LogP) is 18.8. The molecule has 0 unspecified atom stereocenters. The first kappa shape index (κ1) is 61.9. The van der Waals surface area contributed by atoms with Crippen molar-refractivity contribution in [3.05, 3.63) is 202 Å². The van der Waals surface area contributed by atoms with Gasteiger partial charge in [0.25, 0.3) is 0 Å². The van der Waals surface area contributed by atoms with E-state index in [1.807, 2.05) is 8.85 Å². The molecule has 1 saturated heterocycles. The molecular formula is C68H102Al2Si8. The Kier molecular flexibility index (Phi) is 17.1. The smallest absolute Gasteiger partial charge is 0.105 e. The lowest BCUT2D eigenvalue weighted by Crippen LogP contribution is -2.87. The van der Waals surface area contributed by atoms with Crippen LogP contribution in [0.4, 0.5) is 0 Å². The molecule has 6 aromatic carbocycles. The van der Waals surface area contributed by atoms with Crippen molar-refractivity contribution in [3.63, 3.8) is 0 Å². The molecule has 3 aliphatic heterocycles. The third-order valence-corrected chi connectivity index (χ3v) is 68.4. The Morgan fingerprint density at radius 1 is 0.244 bits per heavy atom. The van der Waals surface area contributed by atoms with Gasteiger partial charge in [0.1, 0.15) is 0 Å². The van der Waals surface area contributed by atoms with Gasteiger partial charge in [-0.15, -0.1) is 8.85 Å². The van der Waals surface area contributed by atoms with Crippen LogP contribution in [0.5, 0.6) is 0 Å². The van der Waals surface area contributed by atoms with E-state index in [4.69, 9.17) is 0 Å². The molecule has 412 valence electrons. The van der Waals surface area contributed by atoms with E-state index >= 15 is 0 Å². The molecular weight excluding hydrogens is 1100 g/mol. The van der Waals surface area contributed by atoms with E-state index in [1.54, 1.807) is 44.5 Å². The highest BCUT2D eigenvalue weighted by Crippen LogP contribution is 2.73. The van der Waals surface area contributed by atoms with E-state index in [9.17, 15) is 0 Å². The topological polar surface area (TPSA) is 0 Å². The average molecular weight is 1200 g/mol. The van der Waals surface area contributed by atoms with Gasteiger partial charge in [0, 0.05) is 64.6 Å². The molecule has 3 heterocycles. The van der Waals surface area contributed by atoms with E-state index in [1.165, 1.54) is 11.1 Å². The number of rotatable bonds is 18. The maximum absolute atomic E-state index is 2.78. The van der Waals surface area contributed by atoms with E-state index in [0.29, 0.717) is 20.7 Å². The van der Waals surface area contributed by atoms with Crippen molar-refractivity contribution in [2.75, 3.05) is 0 Å². The number of hydrogen-bond donors (Lipinski definition) is 0. The molecule has 0 N–H and O–H groups in total. The molecule has 0 nitrogen and oxygen atoms in total. The van der Waals surface area contributed by atoms with Crippen LogP contribution in [0.1, 0.15) is 65.2 Å². The number of hydrogen-bond acceptors (Lipinski definition) is 0. The van der Waals surface area contributed by atoms with Crippen molar-refractivity contribution in [3.8, 4) is 0 Å².